The Kier molecular flexibility index (Phi) is 3.57. The van der Waals surface area contributed by atoms with Crippen LogP contribution in [0.3, 0.4) is 0 Å². The van der Waals surface area contributed by atoms with Crippen molar-refractivity contribution >= 4 is 5.97 Å². The average Bonchev–Trinajstić information content (AvgIpc) is 2.12. The molecule has 2 unspecified atom stereocenters. The molecule has 0 aliphatic heterocycles. The van der Waals surface area contributed by atoms with E-state index in [4.69, 9.17) is 4.74 Å². The molecular weight excluding hydrogens is 293 g/mol. The molecule has 4 saturated carbocycles. The van der Waals surface area contributed by atoms with Crippen LogP contribution in [-0.4, -0.2) is 22.3 Å². The summed E-state index contributed by atoms with van der Waals surface area (Å²) in [6.07, 6.45) is 7.68. The molecule has 0 aromatic heterocycles. The number of ether oxygens (including phenoxy) is 1. The van der Waals surface area contributed by atoms with E-state index < -0.39 is 17.2 Å². The summed E-state index contributed by atoms with van der Waals surface area (Å²) in [7, 11) is 0. The number of carbonyl (C=O) groups is 1. The van der Waals surface area contributed by atoms with Crippen LogP contribution in [0.15, 0.2) is 6.58 Å². The molecule has 4 aliphatic carbocycles. The summed E-state index contributed by atoms with van der Waals surface area (Å²) in [4.78, 5) is 11.3. The maximum Gasteiger partial charge on any atom is 0.147 e. The van der Waals surface area contributed by atoms with Gasteiger partial charge in [0.2, 0.25) is 0 Å². The monoisotopic (exact) mass is 310 g/mol. The summed E-state index contributed by atoms with van der Waals surface area (Å²) in [5.41, 5.74) is -0.994. The molecule has 2 atom stereocenters. The number of aliphatic hydroxyl groups is 1. The first-order valence-electron chi connectivity index (χ1n) is 6.01. The van der Waals surface area contributed by atoms with Crippen LogP contribution in [0.25, 0.3) is 0 Å². The minimum atomic E-state index is -0.578. The third kappa shape index (κ3) is 2.39. The largest absolute Gasteiger partial charge is 0.483 e. The zero-order valence-corrected chi connectivity index (χ0v) is 12.8. The predicted octanol–water partition coefficient (Wildman–Crippen LogP) is 1.60. The molecule has 4 rings (SSSR count). The number of hydrogen-bond donors (Lipinski definition) is 1. The summed E-state index contributed by atoms with van der Waals surface area (Å²) in [6.45, 7) is 3.31. The number of esters is 1. The van der Waals surface area contributed by atoms with Crippen molar-refractivity contribution in [2.75, 3.05) is 0 Å². The second-order valence-corrected chi connectivity index (χ2v) is 5.93. The molecule has 4 aliphatic rings. The smallest absolute Gasteiger partial charge is 0.147 e. The van der Waals surface area contributed by atoms with E-state index in [2.05, 4.69) is 12.7 Å². The molecule has 0 aromatic carbocycles. The van der Waals surface area contributed by atoms with Gasteiger partial charge in [-0.25, -0.2) is 0 Å². The van der Waals surface area contributed by atoms with Crippen molar-refractivity contribution < 1.29 is 47.3 Å². The van der Waals surface area contributed by atoms with Gasteiger partial charge in [-0.3, -0.25) is 11.4 Å². The summed E-state index contributed by atoms with van der Waals surface area (Å²) < 4.78 is 5.49. The molecular formula is C13H17O3Y-. The Hall–Kier alpha value is 0.274. The van der Waals surface area contributed by atoms with E-state index in [1.54, 1.807) is 0 Å². The third-order valence-corrected chi connectivity index (χ3v) is 4.43. The summed E-state index contributed by atoms with van der Waals surface area (Å²) in [6, 6.07) is 0. The van der Waals surface area contributed by atoms with E-state index in [0.717, 1.165) is 25.7 Å². The fraction of sp³-hybridized carbons (Fsp3) is 0.769. The van der Waals surface area contributed by atoms with Gasteiger partial charge in [-0.2, -0.15) is 0 Å². The van der Waals surface area contributed by atoms with Crippen molar-refractivity contribution in [1.82, 2.24) is 0 Å². The summed E-state index contributed by atoms with van der Waals surface area (Å²) in [5.74, 6) is 0.596. The van der Waals surface area contributed by atoms with Gasteiger partial charge in [0.1, 0.15) is 11.6 Å². The number of carbonyl (C=O) groups excluding carboxylic acids is 1. The second-order valence-electron chi connectivity index (χ2n) is 5.93. The van der Waals surface area contributed by atoms with Gasteiger partial charge < -0.3 is 15.9 Å². The van der Waals surface area contributed by atoms with Gasteiger partial charge in [0.05, 0.1) is 5.60 Å². The molecule has 0 heterocycles. The first-order valence-corrected chi connectivity index (χ1v) is 6.01. The molecule has 0 spiro atoms. The van der Waals surface area contributed by atoms with E-state index in [9.17, 15) is 9.90 Å². The van der Waals surface area contributed by atoms with E-state index in [0.29, 0.717) is 18.3 Å². The maximum atomic E-state index is 11.3. The summed E-state index contributed by atoms with van der Waals surface area (Å²) in [5, 5.41) is 10.4. The molecule has 91 valence electrons. The molecule has 17 heavy (non-hydrogen) atoms. The molecule has 0 aromatic rings. The molecule has 0 amide bonds. The Morgan fingerprint density at radius 1 is 1.29 bits per heavy atom. The predicted molar refractivity (Wildman–Crippen MR) is 57.3 cm³/mol. The first-order chi connectivity index (χ1) is 7.53. The van der Waals surface area contributed by atoms with Crippen LogP contribution < -0.4 is 0 Å². The molecule has 1 radical (unpaired) electrons. The van der Waals surface area contributed by atoms with E-state index in [1.807, 2.05) is 0 Å². The fourth-order valence-corrected chi connectivity index (χ4v) is 4.48. The van der Waals surface area contributed by atoms with E-state index in [1.165, 1.54) is 6.42 Å². The van der Waals surface area contributed by atoms with E-state index >= 15 is 0 Å². The van der Waals surface area contributed by atoms with Crippen molar-refractivity contribution in [3.8, 4) is 0 Å². The van der Waals surface area contributed by atoms with Gasteiger partial charge in [0.15, 0.2) is 0 Å². The molecule has 3 nitrogen and oxygen atoms in total. The van der Waals surface area contributed by atoms with Gasteiger partial charge in [-0.05, 0) is 43.9 Å². The molecule has 4 fully saturated rings. The van der Waals surface area contributed by atoms with Crippen LogP contribution >= 0.6 is 0 Å². The van der Waals surface area contributed by atoms with Crippen LogP contribution in [0, 0.1) is 17.9 Å². The zero-order valence-electron chi connectivity index (χ0n) is 9.95. The minimum Gasteiger partial charge on any atom is -0.483 e. The first kappa shape index (κ1) is 13.7. The standard InChI is InChI=1S/C13H17O3.Y/c1-2-11(14)16-13-6-9-3-10(7-13)5-12(15,4-9)8-13;/h9-10,15H,1,3-8H2;/q-1;. The normalized spacial score (nSPS) is 46.2. The molecule has 4 heteroatoms. The molecule has 0 saturated heterocycles. The van der Waals surface area contributed by atoms with Crippen molar-refractivity contribution in [2.45, 2.75) is 49.7 Å². The van der Waals surface area contributed by atoms with Crippen LogP contribution in [0.5, 0.6) is 0 Å². The van der Waals surface area contributed by atoms with Crippen LogP contribution in [-0.2, 0) is 42.2 Å². The van der Waals surface area contributed by atoms with Gasteiger partial charge in [-0.1, -0.05) is 0 Å². The number of rotatable bonds is 2. The Labute approximate surface area is 127 Å². The van der Waals surface area contributed by atoms with Crippen molar-refractivity contribution in [3.05, 3.63) is 12.7 Å². The van der Waals surface area contributed by atoms with Gasteiger partial charge >= 0.3 is 0 Å². The second kappa shape index (κ2) is 4.43. The van der Waals surface area contributed by atoms with Crippen LogP contribution in [0.2, 0.25) is 0 Å². The Morgan fingerprint density at radius 3 is 2.35 bits per heavy atom. The topological polar surface area (TPSA) is 46.5 Å². The van der Waals surface area contributed by atoms with Gasteiger partial charge in [0.25, 0.3) is 0 Å². The Balaban J connectivity index is 0.00000108. The zero-order chi connectivity index (χ0) is 11.4. The maximum absolute atomic E-state index is 11.3. The van der Waals surface area contributed by atoms with Crippen LogP contribution in [0.4, 0.5) is 0 Å². The van der Waals surface area contributed by atoms with Crippen molar-refractivity contribution in [2.24, 2.45) is 11.8 Å². The van der Waals surface area contributed by atoms with E-state index in [-0.39, 0.29) is 32.7 Å². The van der Waals surface area contributed by atoms with Crippen molar-refractivity contribution in [3.63, 3.8) is 0 Å². The van der Waals surface area contributed by atoms with Gasteiger partial charge in [0, 0.05) is 39.1 Å². The van der Waals surface area contributed by atoms with Gasteiger partial charge in [-0.15, -0.1) is 0 Å². The SMILES string of the molecule is C=[C-]C(=O)OC12CC3CC(CC(O)(C3)C1)C2.[Y]. The average molecular weight is 310 g/mol. The molecule has 1 N–H and O–H groups in total. The Morgan fingerprint density at radius 2 is 1.88 bits per heavy atom. The Bertz CT molecular complexity index is 339. The summed E-state index contributed by atoms with van der Waals surface area (Å²) >= 11 is 0. The fourth-order valence-electron chi connectivity index (χ4n) is 4.48. The molecule has 4 bridgehead atoms. The quantitative estimate of drug-likeness (QED) is 0.479. The number of hydrogen-bond acceptors (Lipinski definition) is 3. The van der Waals surface area contributed by atoms with Crippen LogP contribution in [0.1, 0.15) is 38.5 Å². The minimum absolute atomic E-state index is 0. The van der Waals surface area contributed by atoms with Crippen molar-refractivity contribution in [1.29, 1.82) is 0 Å². The third-order valence-electron chi connectivity index (χ3n) is 4.43.